The summed E-state index contributed by atoms with van der Waals surface area (Å²) >= 11 is 7.60. The molecule has 1 aromatic carbocycles. The number of allylic oxidation sites excluding steroid dienone is 2. The van der Waals surface area contributed by atoms with Gasteiger partial charge in [0.1, 0.15) is 10.2 Å². The molecule has 3 atom stereocenters. The highest BCUT2D eigenvalue weighted by Gasteiger charge is 2.40. The fourth-order valence-corrected chi connectivity index (χ4v) is 5.48. The summed E-state index contributed by atoms with van der Waals surface area (Å²) in [6.07, 6.45) is 10.9. The molecule has 1 amide bonds. The van der Waals surface area contributed by atoms with Crippen LogP contribution in [0.1, 0.15) is 39.0 Å². The summed E-state index contributed by atoms with van der Waals surface area (Å²) in [5.74, 6) is -0.843. The molecule has 3 heterocycles. The van der Waals surface area contributed by atoms with E-state index in [1.807, 2.05) is 29.4 Å². The molecule has 154 valence electrons. The average molecular weight is 444 g/mol. The number of rotatable bonds is 4. The Kier molecular flexibility index (Phi) is 4.72. The summed E-state index contributed by atoms with van der Waals surface area (Å²) in [5, 5.41) is 9.49. The zero-order valence-corrected chi connectivity index (χ0v) is 17.5. The first kappa shape index (κ1) is 19.4. The zero-order valence-electron chi connectivity index (χ0n) is 15.9. The number of hydrogen-bond acceptors (Lipinski definition) is 6. The number of nitrogens with one attached hydrogen (secondary N) is 1. The van der Waals surface area contributed by atoms with Crippen molar-refractivity contribution in [3.63, 3.8) is 0 Å². The Morgan fingerprint density at radius 3 is 3.13 bits per heavy atom. The Labute approximate surface area is 181 Å². The number of hydrogen-bond donors (Lipinski definition) is 2. The molecule has 2 aromatic rings. The van der Waals surface area contributed by atoms with Crippen LogP contribution in [0.15, 0.2) is 47.7 Å². The molecule has 0 saturated carbocycles. The van der Waals surface area contributed by atoms with Crippen LogP contribution < -0.4 is 11.1 Å². The maximum atomic E-state index is 13.9. The van der Waals surface area contributed by atoms with Gasteiger partial charge in [0.25, 0.3) is 5.91 Å². The van der Waals surface area contributed by atoms with Crippen molar-refractivity contribution in [2.75, 3.05) is 6.54 Å². The number of nitrogens with two attached hydrogens (primary N) is 1. The number of amides is 1. The molecule has 2 aliphatic heterocycles. The molecule has 1 aliphatic carbocycles. The second kappa shape index (κ2) is 7.30. The second-order valence-corrected chi connectivity index (χ2v) is 9.21. The second-order valence-electron chi connectivity index (χ2n) is 7.61. The van der Waals surface area contributed by atoms with Crippen molar-refractivity contribution >= 4 is 35.1 Å². The molecule has 0 bridgehead atoms. The van der Waals surface area contributed by atoms with Gasteiger partial charge in [0.05, 0.1) is 23.2 Å². The van der Waals surface area contributed by atoms with Gasteiger partial charge in [0.15, 0.2) is 5.01 Å². The molecule has 3 N–H and O–H groups in total. The Morgan fingerprint density at radius 2 is 2.30 bits per heavy atom. The summed E-state index contributed by atoms with van der Waals surface area (Å²) in [6, 6.07) is 4.64. The van der Waals surface area contributed by atoms with Gasteiger partial charge in [0.2, 0.25) is 0 Å². The molecular formula is C21H19ClFN5OS. The third kappa shape index (κ3) is 3.07. The lowest BCUT2D eigenvalue weighted by Crippen LogP contribution is -2.49. The van der Waals surface area contributed by atoms with Crippen LogP contribution in [0.5, 0.6) is 0 Å². The third-order valence-electron chi connectivity index (χ3n) is 5.92. The normalized spacial score (nSPS) is 26.2. The Hall–Kier alpha value is -2.55. The van der Waals surface area contributed by atoms with Crippen molar-refractivity contribution in [3.8, 4) is 0 Å². The number of thiazole rings is 1. The van der Waals surface area contributed by atoms with Gasteiger partial charge in [-0.05, 0) is 42.2 Å². The summed E-state index contributed by atoms with van der Waals surface area (Å²) in [6.45, 7) is 0.171. The number of carbonyl (C=O) groups is 1. The number of aryl methyl sites for hydroxylation is 1. The quantitative estimate of drug-likeness (QED) is 0.759. The number of nitrogens with zero attached hydrogens (tertiary/aromatic N) is 3. The van der Waals surface area contributed by atoms with Crippen LogP contribution in [0, 0.1) is 5.82 Å². The van der Waals surface area contributed by atoms with Gasteiger partial charge < -0.3 is 11.1 Å². The first-order valence-electron chi connectivity index (χ1n) is 9.66. The summed E-state index contributed by atoms with van der Waals surface area (Å²) in [4.78, 5) is 17.6. The van der Waals surface area contributed by atoms with Crippen molar-refractivity contribution in [1.29, 1.82) is 0 Å². The number of fused-ring (bicyclic) bond motifs is 2. The molecule has 3 aliphatic rings. The number of aromatic nitrogens is 1. The lowest BCUT2D eigenvalue weighted by Gasteiger charge is -2.30. The van der Waals surface area contributed by atoms with Gasteiger partial charge in [-0.15, -0.1) is 0 Å². The van der Waals surface area contributed by atoms with Gasteiger partial charge >= 0.3 is 0 Å². The van der Waals surface area contributed by atoms with E-state index in [2.05, 4.69) is 15.4 Å². The minimum absolute atomic E-state index is 0.00872. The lowest BCUT2D eigenvalue weighted by atomic mass is 9.91. The van der Waals surface area contributed by atoms with Gasteiger partial charge in [-0.25, -0.2) is 9.37 Å². The van der Waals surface area contributed by atoms with E-state index in [1.54, 1.807) is 12.3 Å². The standard InChI is InChI=1S/C21H19ClFN5OS/c22-18-17(14-10-25-28-8-2-1-3-16(14)28)26-20(30-18)19(29)27-21(11-24)7-6-12-4-5-13(23)9-15(12)21/h1-5,8-10,14,16H,6-7,11,24H2,(H,27,29). The molecule has 0 fully saturated rings. The number of halogens is 2. The Bertz CT molecular complexity index is 1110. The van der Waals surface area contributed by atoms with Gasteiger partial charge in [0, 0.05) is 19.0 Å². The van der Waals surface area contributed by atoms with Crippen LogP contribution in [0.2, 0.25) is 4.34 Å². The van der Waals surface area contributed by atoms with Crippen LogP contribution in [0.4, 0.5) is 4.39 Å². The van der Waals surface area contributed by atoms with Crippen molar-refractivity contribution in [2.24, 2.45) is 10.8 Å². The number of benzene rings is 1. The summed E-state index contributed by atoms with van der Waals surface area (Å²) in [5.41, 5.74) is 7.60. The highest BCUT2D eigenvalue weighted by molar-refractivity contribution is 7.17. The van der Waals surface area contributed by atoms with Crippen molar-refractivity contribution in [2.45, 2.75) is 30.3 Å². The maximum Gasteiger partial charge on any atom is 0.281 e. The fourth-order valence-electron chi connectivity index (χ4n) is 4.35. The summed E-state index contributed by atoms with van der Waals surface area (Å²) < 4.78 is 14.3. The number of carbonyl (C=O) groups excluding carboxylic acids is 1. The molecular weight excluding hydrogens is 425 g/mol. The summed E-state index contributed by atoms with van der Waals surface area (Å²) in [7, 11) is 0. The van der Waals surface area contributed by atoms with Crippen molar-refractivity contribution in [1.82, 2.24) is 15.3 Å². The van der Waals surface area contributed by atoms with E-state index in [0.717, 1.165) is 28.9 Å². The first-order chi connectivity index (χ1) is 14.5. The van der Waals surface area contributed by atoms with E-state index in [0.29, 0.717) is 16.5 Å². The molecule has 0 saturated heterocycles. The van der Waals surface area contributed by atoms with E-state index in [4.69, 9.17) is 17.3 Å². The minimum Gasteiger partial charge on any atom is -0.339 e. The van der Waals surface area contributed by atoms with Crippen LogP contribution in [0.3, 0.4) is 0 Å². The van der Waals surface area contributed by atoms with E-state index in [-0.39, 0.29) is 35.2 Å². The topological polar surface area (TPSA) is 83.6 Å². The van der Waals surface area contributed by atoms with Crippen molar-refractivity contribution in [3.05, 3.63) is 74.6 Å². The average Bonchev–Trinajstić information content (AvgIpc) is 3.44. The van der Waals surface area contributed by atoms with Crippen LogP contribution in [0.25, 0.3) is 0 Å². The maximum absolute atomic E-state index is 13.9. The molecule has 6 nitrogen and oxygen atoms in total. The van der Waals surface area contributed by atoms with E-state index < -0.39 is 5.54 Å². The lowest BCUT2D eigenvalue weighted by molar-refractivity contribution is 0.0898. The van der Waals surface area contributed by atoms with E-state index in [1.165, 1.54) is 12.1 Å². The monoisotopic (exact) mass is 443 g/mol. The van der Waals surface area contributed by atoms with Gasteiger partial charge in [-0.2, -0.15) is 5.10 Å². The Balaban J connectivity index is 1.41. The van der Waals surface area contributed by atoms with Gasteiger partial charge in [-0.1, -0.05) is 41.2 Å². The molecule has 30 heavy (non-hydrogen) atoms. The molecule has 3 unspecified atom stereocenters. The highest BCUT2D eigenvalue weighted by atomic mass is 35.5. The first-order valence-corrected chi connectivity index (χ1v) is 10.9. The SMILES string of the molecule is NCC1(NC(=O)c2nc(C3C=NN4C=CC=CC34)c(Cl)s2)CCc2ccc(F)cc21. The molecule has 5 rings (SSSR count). The van der Waals surface area contributed by atoms with E-state index >= 15 is 0 Å². The molecule has 0 radical (unpaired) electrons. The Morgan fingerprint density at radius 1 is 1.43 bits per heavy atom. The van der Waals surface area contributed by atoms with Crippen LogP contribution in [-0.4, -0.2) is 34.7 Å². The third-order valence-corrected chi connectivity index (χ3v) is 7.21. The predicted octanol–water partition coefficient (Wildman–Crippen LogP) is 3.30. The molecule has 0 spiro atoms. The predicted molar refractivity (Wildman–Crippen MR) is 115 cm³/mol. The van der Waals surface area contributed by atoms with Crippen LogP contribution >= 0.6 is 22.9 Å². The minimum atomic E-state index is -0.810. The smallest absolute Gasteiger partial charge is 0.281 e. The highest BCUT2D eigenvalue weighted by Crippen LogP contribution is 2.39. The number of hydrazone groups is 1. The fraction of sp³-hybridized carbons (Fsp3) is 0.286. The zero-order chi connectivity index (χ0) is 20.9. The van der Waals surface area contributed by atoms with Crippen LogP contribution in [-0.2, 0) is 12.0 Å². The molecule has 1 aromatic heterocycles. The van der Waals surface area contributed by atoms with E-state index in [9.17, 15) is 9.18 Å². The molecule has 9 heteroatoms. The largest absolute Gasteiger partial charge is 0.339 e. The van der Waals surface area contributed by atoms with Gasteiger partial charge in [-0.3, -0.25) is 9.80 Å². The van der Waals surface area contributed by atoms with Crippen molar-refractivity contribution < 1.29 is 9.18 Å².